The van der Waals surface area contributed by atoms with Crippen molar-refractivity contribution in [2.45, 2.75) is 19.8 Å². The van der Waals surface area contributed by atoms with Crippen LogP contribution in [0.2, 0.25) is 0 Å². The third-order valence-electron chi connectivity index (χ3n) is 2.27. The quantitative estimate of drug-likeness (QED) is 0.415. The highest BCUT2D eigenvalue weighted by Crippen LogP contribution is 2.28. The lowest BCUT2D eigenvalue weighted by Crippen LogP contribution is -2.34. The van der Waals surface area contributed by atoms with Crippen molar-refractivity contribution in [2.75, 3.05) is 12.4 Å². The van der Waals surface area contributed by atoms with Gasteiger partial charge in [0.1, 0.15) is 5.75 Å². The van der Waals surface area contributed by atoms with Gasteiger partial charge in [0, 0.05) is 0 Å². The van der Waals surface area contributed by atoms with E-state index in [4.69, 9.17) is 10.6 Å². The molecule has 0 bridgehead atoms. The number of benzene rings is 1. The molecule has 0 spiro atoms. The summed E-state index contributed by atoms with van der Waals surface area (Å²) in [5.41, 5.74) is 3.74. The topological polar surface area (TPSA) is 76.4 Å². The number of nitrogens with two attached hydrogens (primary N) is 1. The van der Waals surface area contributed by atoms with E-state index in [-0.39, 0.29) is 0 Å². The predicted octanol–water partition coefficient (Wildman–Crippen LogP) is 1.81. The Balaban J connectivity index is 2.97. The first-order chi connectivity index (χ1) is 7.58. The lowest BCUT2D eigenvalue weighted by Gasteiger charge is -2.13. The van der Waals surface area contributed by atoms with Crippen LogP contribution < -0.4 is 21.3 Å². The zero-order valence-electron chi connectivity index (χ0n) is 9.70. The van der Waals surface area contributed by atoms with Crippen molar-refractivity contribution in [1.29, 1.82) is 0 Å². The molecule has 0 atom stereocenters. The molecule has 0 aliphatic heterocycles. The van der Waals surface area contributed by atoms with Crippen LogP contribution in [0.5, 0.6) is 5.75 Å². The van der Waals surface area contributed by atoms with Crippen LogP contribution in [0.3, 0.4) is 0 Å². The minimum absolute atomic E-state index is 0.409. The number of nitrogens with one attached hydrogen (secondary N) is 2. The Hall–Kier alpha value is -1.75. The van der Waals surface area contributed by atoms with E-state index < -0.39 is 6.03 Å². The molecule has 1 aromatic rings. The number of hydrogen-bond donors (Lipinski definition) is 3. The standard InChI is InChI=1S/C11H17N3O2/c1-7(2)8-4-5-9(10(6-8)16-3)13-11(15)14-12/h4-7H,12H2,1-3H3,(H2,13,14,15). The Bertz CT molecular complexity index is 377. The van der Waals surface area contributed by atoms with E-state index in [9.17, 15) is 4.79 Å². The molecule has 1 aromatic carbocycles. The first-order valence-electron chi connectivity index (χ1n) is 5.04. The summed E-state index contributed by atoms with van der Waals surface area (Å²) in [5, 5.41) is 2.58. The summed E-state index contributed by atoms with van der Waals surface area (Å²) in [6, 6.07) is 5.16. The predicted molar refractivity (Wildman–Crippen MR) is 63.4 cm³/mol. The number of hydrogen-bond acceptors (Lipinski definition) is 3. The molecule has 0 aliphatic carbocycles. The summed E-state index contributed by atoms with van der Waals surface area (Å²) >= 11 is 0. The average Bonchev–Trinajstić information content (AvgIpc) is 2.29. The van der Waals surface area contributed by atoms with Crippen molar-refractivity contribution in [1.82, 2.24) is 5.43 Å². The van der Waals surface area contributed by atoms with Gasteiger partial charge in [-0.1, -0.05) is 19.9 Å². The molecular formula is C11H17N3O2. The van der Waals surface area contributed by atoms with Gasteiger partial charge in [0.25, 0.3) is 0 Å². The highest BCUT2D eigenvalue weighted by atomic mass is 16.5. The molecule has 16 heavy (non-hydrogen) atoms. The molecule has 0 aromatic heterocycles. The molecule has 0 saturated carbocycles. The maximum Gasteiger partial charge on any atom is 0.333 e. The third kappa shape index (κ3) is 2.87. The number of methoxy groups -OCH3 is 1. The Morgan fingerprint density at radius 3 is 2.62 bits per heavy atom. The first-order valence-corrected chi connectivity index (χ1v) is 5.04. The van der Waals surface area contributed by atoms with Crippen LogP contribution in [0.25, 0.3) is 0 Å². The molecule has 0 saturated heterocycles. The minimum Gasteiger partial charge on any atom is -0.495 e. The third-order valence-corrected chi connectivity index (χ3v) is 2.27. The van der Waals surface area contributed by atoms with E-state index in [0.29, 0.717) is 17.4 Å². The molecule has 4 N–H and O–H groups in total. The highest BCUT2D eigenvalue weighted by molar-refractivity contribution is 5.90. The van der Waals surface area contributed by atoms with E-state index in [1.54, 1.807) is 13.2 Å². The zero-order valence-corrected chi connectivity index (χ0v) is 9.70. The molecular weight excluding hydrogens is 206 g/mol. The number of ether oxygens (including phenoxy) is 1. The molecule has 5 heteroatoms. The van der Waals surface area contributed by atoms with Gasteiger partial charge in [-0.25, -0.2) is 10.6 Å². The van der Waals surface area contributed by atoms with Gasteiger partial charge in [0.05, 0.1) is 12.8 Å². The van der Waals surface area contributed by atoms with Crippen LogP contribution in [-0.4, -0.2) is 13.1 Å². The summed E-state index contributed by atoms with van der Waals surface area (Å²) < 4.78 is 5.20. The number of amides is 2. The Labute approximate surface area is 94.9 Å². The minimum atomic E-state index is -0.476. The summed E-state index contributed by atoms with van der Waals surface area (Å²) in [6.07, 6.45) is 0. The van der Waals surface area contributed by atoms with Crippen LogP contribution in [0.15, 0.2) is 18.2 Å². The van der Waals surface area contributed by atoms with Crippen LogP contribution >= 0.6 is 0 Å². The van der Waals surface area contributed by atoms with Crippen molar-refractivity contribution in [3.8, 4) is 5.75 Å². The number of carbonyl (C=O) groups excluding carboxylic acids is 1. The van der Waals surface area contributed by atoms with Crippen molar-refractivity contribution in [2.24, 2.45) is 5.84 Å². The number of rotatable bonds is 3. The second kappa shape index (κ2) is 5.37. The Morgan fingerprint density at radius 1 is 1.44 bits per heavy atom. The Morgan fingerprint density at radius 2 is 2.12 bits per heavy atom. The molecule has 1 rings (SSSR count). The molecule has 0 unspecified atom stereocenters. The maximum absolute atomic E-state index is 11.1. The molecule has 0 fully saturated rings. The van der Waals surface area contributed by atoms with Crippen LogP contribution in [0.4, 0.5) is 10.5 Å². The summed E-state index contributed by atoms with van der Waals surface area (Å²) in [4.78, 5) is 11.1. The van der Waals surface area contributed by atoms with E-state index in [2.05, 4.69) is 19.2 Å². The first kappa shape index (κ1) is 12.3. The van der Waals surface area contributed by atoms with Crippen LogP contribution in [-0.2, 0) is 0 Å². The summed E-state index contributed by atoms with van der Waals surface area (Å²) in [5.74, 6) is 6.02. The van der Waals surface area contributed by atoms with E-state index in [1.807, 2.05) is 17.6 Å². The van der Waals surface area contributed by atoms with E-state index in [1.165, 1.54) is 0 Å². The monoisotopic (exact) mass is 223 g/mol. The van der Waals surface area contributed by atoms with Gasteiger partial charge in [0.2, 0.25) is 0 Å². The van der Waals surface area contributed by atoms with Gasteiger partial charge in [0.15, 0.2) is 0 Å². The van der Waals surface area contributed by atoms with Crippen molar-refractivity contribution >= 4 is 11.7 Å². The normalized spacial score (nSPS) is 10.1. The van der Waals surface area contributed by atoms with Crippen LogP contribution in [0.1, 0.15) is 25.3 Å². The second-order valence-electron chi connectivity index (χ2n) is 3.71. The smallest absolute Gasteiger partial charge is 0.333 e. The number of anilines is 1. The highest BCUT2D eigenvalue weighted by Gasteiger charge is 2.08. The number of carbonyl (C=O) groups is 1. The largest absolute Gasteiger partial charge is 0.495 e. The summed E-state index contributed by atoms with van der Waals surface area (Å²) in [6.45, 7) is 4.18. The van der Waals surface area contributed by atoms with E-state index in [0.717, 1.165) is 5.56 Å². The van der Waals surface area contributed by atoms with E-state index >= 15 is 0 Å². The zero-order chi connectivity index (χ0) is 12.1. The Kier molecular flexibility index (Phi) is 4.13. The average molecular weight is 223 g/mol. The van der Waals surface area contributed by atoms with Gasteiger partial charge in [-0.3, -0.25) is 5.43 Å². The molecule has 2 amide bonds. The lowest BCUT2D eigenvalue weighted by molar-refractivity contribution is 0.252. The molecule has 0 heterocycles. The van der Waals surface area contributed by atoms with Gasteiger partial charge in [-0.15, -0.1) is 0 Å². The fourth-order valence-corrected chi connectivity index (χ4v) is 1.33. The molecule has 0 radical (unpaired) electrons. The molecule has 88 valence electrons. The van der Waals surface area contributed by atoms with Crippen molar-refractivity contribution < 1.29 is 9.53 Å². The van der Waals surface area contributed by atoms with Gasteiger partial charge in [-0.05, 0) is 23.6 Å². The second-order valence-corrected chi connectivity index (χ2v) is 3.71. The lowest BCUT2D eigenvalue weighted by atomic mass is 10.0. The van der Waals surface area contributed by atoms with Crippen molar-refractivity contribution in [3.05, 3.63) is 23.8 Å². The fourth-order valence-electron chi connectivity index (χ4n) is 1.33. The van der Waals surface area contributed by atoms with Gasteiger partial charge >= 0.3 is 6.03 Å². The number of urea groups is 1. The molecule has 0 aliphatic rings. The fraction of sp³-hybridized carbons (Fsp3) is 0.364. The maximum atomic E-state index is 11.1. The summed E-state index contributed by atoms with van der Waals surface area (Å²) in [7, 11) is 1.56. The van der Waals surface area contributed by atoms with Gasteiger partial charge < -0.3 is 10.1 Å². The number of hydrazine groups is 1. The SMILES string of the molecule is COc1cc(C(C)C)ccc1NC(=O)NN. The molecule has 5 nitrogen and oxygen atoms in total. The van der Waals surface area contributed by atoms with Gasteiger partial charge in [-0.2, -0.15) is 0 Å². The van der Waals surface area contributed by atoms with Crippen molar-refractivity contribution in [3.63, 3.8) is 0 Å². The van der Waals surface area contributed by atoms with Crippen LogP contribution in [0, 0.1) is 0 Å².